The first-order valence-electron chi connectivity index (χ1n) is 6.26. The van der Waals surface area contributed by atoms with Crippen molar-refractivity contribution in [3.8, 4) is 0 Å². The molecule has 0 spiro atoms. The summed E-state index contributed by atoms with van der Waals surface area (Å²) in [5.74, 6) is 1.35. The Kier molecular flexibility index (Phi) is 3.79. The van der Waals surface area contributed by atoms with E-state index < -0.39 is 0 Å². The van der Waals surface area contributed by atoms with Gasteiger partial charge in [-0.1, -0.05) is 19.1 Å². The minimum atomic E-state index is -0.369. The third kappa shape index (κ3) is 3.56. The number of primary amides is 1. The molecule has 1 amide bonds. The molecule has 2 rings (SSSR count). The Balaban J connectivity index is 1.76. The molecule has 0 radical (unpaired) electrons. The van der Waals surface area contributed by atoms with Crippen LogP contribution in [0.25, 0.3) is 0 Å². The number of hydrogen-bond donors (Lipinski definition) is 2. The van der Waals surface area contributed by atoms with Crippen LogP contribution in [0.5, 0.6) is 0 Å². The van der Waals surface area contributed by atoms with Crippen molar-refractivity contribution in [3.05, 3.63) is 35.4 Å². The smallest absolute Gasteiger partial charge is 0.248 e. The maximum absolute atomic E-state index is 10.9. The van der Waals surface area contributed by atoms with Crippen LogP contribution in [0.4, 0.5) is 0 Å². The highest BCUT2D eigenvalue weighted by atomic mass is 16.1. The monoisotopic (exact) mass is 232 g/mol. The van der Waals surface area contributed by atoms with Crippen molar-refractivity contribution >= 4 is 5.91 Å². The molecule has 3 heteroatoms. The largest absolute Gasteiger partial charge is 0.366 e. The van der Waals surface area contributed by atoms with E-state index in [2.05, 4.69) is 12.2 Å². The summed E-state index contributed by atoms with van der Waals surface area (Å²) in [6.45, 7) is 4.24. The maximum atomic E-state index is 10.9. The molecule has 1 aliphatic carbocycles. The zero-order chi connectivity index (χ0) is 12.3. The van der Waals surface area contributed by atoms with Gasteiger partial charge in [0.1, 0.15) is 0 Å². The van der Waals surface area contributed by atoms with Gasteiger partial charge in [0.05, 0.1) is 0 Å². The normalized spacial score (nSPS) is 16.8. The molecule has 3 N–H and O–H groups in total. The van der Waals surface area contributed by atoms with Gasteiger partial charge < -0.3 is 11.1 Å². The molecule has 1 fully saturated rings. The molecule has 0 aliphatic heterocycles. The van der Waals surface area contributed by atoms with Crippen molar-refractivity contribution in [2.75, 3.05) is 6.54 Å². The van der Waals surface area contributed by atoms with E-state index in [1.165, 1.54) is 18.4 Å². The number of rotatable bonds is 6. The predicted molar refractivity (Wildman–Crippen MR) is 68.6 cm³/mol. The third-order valence-electron chi connectivity index (χ3n) is 3.46. The lowest BCUT2D eigenvalue weighted by atomic mass is 10.1. The Morgan fingerprint density at radius 3 is 2.59 bits per heavy atom. The number of carbonyl (C=O) groups is 1. The molecule has 1 atom stereocenters. The third-order valence-corrected chi connectivity index (χ3v) is 3.46. The van der Waals surface area contributed by atoms with E-state index in [-0.39, 0.29) is 5.91 Å². The Morgan fingerprint density at radius 2 is 2.06 bits per heavy atom. The first-order valence-corrected chi connectivity index (χ1v) is 6.26. The average Bonchev–Trinajstić information content (AvgIpc) is 3.13. The van der Waals surface area contributed by atoms with E-state index in [4.69, 9.17) is 5.73 Å². The van der Waals surface area contributed by atoms with E-state index in [0.29, 0.717) is 5.56 Å². The van der Waals surface area contributed by atoms with Crippen molar-refractivity contribution < 1.29 is 4.79 Å². The number of nitrogens with one attached hydrogen (secondary N) is 1. The molecule has 1 aromatic rings. The number of benzene rings is 1. The summed E-state index contributed by atoms with van der Waals surface area (Å²) in [5, 5.41) is 3.46. The van der Waals surface area contributed by atoms with Gasteiger partial charge >= 0.3 is 0 Å². The van der Waals surface area contributed by atoms with Crippen LogP contribution in [-0.4, -0.2) is 12.5 Å². The second-order valence-electron chi connectivity index (χ2n) is 5.01. The van der Waals surface area contributed by atoms with Crippen LogP contribution < -0.4 is 11.1 Å². The van der Waals surface area contributed by atoms with E-state index in [1.807, 2.05) is 12.1 Å². The van der Waals surface area contributed by atoms with Gasteiger partial charge in [0, 0.05) is 12.1 Å². The van der Waals surface area contributed by atoms with Gasteiger partial charge in [-0.2, -0.15) is 0 Å². The lowest BCUT2D eigenvalue weighted by Crippen LogP contribution is -2.21. The van der Waals surface area contributed by atoms with Crippen molar-refractivity contribution in [2.24, 2.45) is 17.6 Å². The highest BCUT2D eigenvalue weighted by Gasteiger charge is 2.27. The van der Waals surface area contributed by atoms with Crippen molar-refractivity contribution in [1.82, 2.24) is 5.32 Å². The number of nitrogens with two attached hydrogens (primary N) is 1. The highest BCUT2D eigenvalue weighted by Crippen LogP contribution is 2.36. The van der Waals surface area contributed by atoms with Crippen LogP contribution in [0.2, 0.25) is 0 Å². The van der Waals surface area contributed by atoms with Gasteiger partial charge in [0.15, 0.2) is 0 Å². The van der Waals surface area contributed by atoms with Gasteiger partial charge in [-0.15, -0.1) is 0 Å². The summed E-state index contributed by atoms with van der Waals surface area (Å²) in [6, 6.07) is 7.47. The van der Waals surface area contributed by atoms with Gasteiger partial charge in [0.25, 0.3) is 0 Å². The van der Waals surface area contributed by atoms with Crippen LogP contribution in [0, 0.1) is 11.8 Å². The minimum absolute atomic E-state index is 0.369. The number of carbonyl (C=O) groups excluding carboxylic acids is 1. The summed E-state index contributed by atoms with van der Waals surface area (Å²) in [5.41, 5.74) is 6.95. The van der Waals surface area contributed by atoms with Crippen molar-refractivity contribution in [1.29, 1.82) is 0 Å². The van der Waals surface area contributed by atoms with Crippen LogP contribution in [0.15, 0.2) is 24.3 Å². The van der Waals surface area contributed by atoms with E-state index >= 15 is 0 Å². The number of amides is 1. The van der Waals surface area contributed by atoms with Gasteiger partial charge in [0.2, 0.25) is 5.91 Å². The Hall–Kier alpha value is -1.35. The van der Waals surface area contributed by atoms with Gasteiger partial charge in [-0.3, -0.25) is 4.79 Å². The fourth-order valence-electron chi connectivity index (χ4n) is 2.06. The summed E-state index contributed by atoms with van der Waals surface area (Å²) < 4.78 is 0. The standard InChI is InChI=1S/C14H20N2O/c1-10(12-6-7-12)8-16-9-11-2-4-13(5-3-11)14(15)17/h2-5,10,12,16H,6-9H2,1H3,(H2,15,17). The maximum Gasteiger partial charge on any atom is 0.248 e. The lowest BCUT2D eigenvalue weighted by Gasteiger charge is -2.11. The average molecular weight is 232 g/mol. The van der Waals surface area contributed by atoms with E-state index in [1.54, 1.807) is 12.1 Å². The fraction of sp³-hybridized carbons (Fsp3) is 0.500. The molecule has 0 heterocycles. The van der Waals surface area contributed by atoms with Crippen molar-refractivity contribution in [3.63, 3.8) is 0 Å². The summed E-state index contributed by atoms with van der Waals surface area (Å²) in [4.78, 5) is 10.9. The Morgan fingerprint density at radius 1 is 1.41 bits per heavy atom. The molecule has 1 aromatic carbocycles. The lowest BCUT2D eigenvalue weighted by molar-refractivity contribution is 0.100. The molecule has 0 saturated heterocycles. The molecule has 0 aromatic heterocycles. The Labute approximate surface area is 102 Å². The van der Waals surface area contributed by atoms with E-state index in [0.717, 1.165) is 24.9 Å². The fourth-order valence-corrected chi connectivity index (χ4v) is 2.06. The SMILES string of the molecule is CC(CNCc1ccc(C(N)=O)cc1)C1CC1. The van der Waals surface area contributed by atoms with Crippen molar-refractivity contribution in [2.45, 2.75) is 26.3 Å². The topological polar surface area (TPSA) is 55.1 Å². The molecule has 3 nitrogen and oxygen atoms in total. The molecular weight excluding hydrogens is 212 g/mol. The predicted octanol–water partition coefficient (Wildman–Crippen LogP) is 1.92. The quantitative estimate of drug-likeness (QED) is 0.787. The summed E-state index contributed by atoms with van der Waals surface area (Å²) in [7, 11) is 0. The molecule has 1 aliphatic rings. The first-order chi connectivity index (χ1) is 8.16. The number of hydrogen-bond acceptors (Lipinski definition) is 2. The first kappa shape index (κ1) is 12.1. The van der Waals surface area contributed by atoms with Crippen LogP contribution in [0.3, 0.4) is 0 Å². The zero-order valence-corrected chi connectivity index (χ0v) is 10.3. The van der Waals surface area contributed by atoms with Crippen LogP contribution >= 0.6 is 0 Å². The highest BCUT2D eigenvalue weighted by molar-refractivity contribution is 5.92. The van der Waals surface area contributed by atoms with Crippen LogP contribution in [-0.2, 0) is 6.54 Å². The molecule has 1 unspecified atom stereocenters. The van der Waals surface area contributed by atoms with Gasteiger partial charge in [-0.25, -0.2) is 0 Å². The van der Waals surface area contributed by atoms with E-state index in [9.17, 15) is 4.79 Å². The molecule has 0 bridgehead atoms. The van der Waals surface area contributed by atoms with Crippen LogP contribution in [0.1, 0.15) is 35.7 Å². The zero-order valence-electron chi connectivity index (χ0n) is 10.3. The minimum Gasteiger partial charge on any atom is -0.366 e. The molecule has 17 heavy (non-hydrogen) atoms. The molecule has 1 saturated carbocycles. The molecular formula is C14H20N2O. The second-order valence-corrected chi connectivity index (χ2v) is 5.01. The second kappa shape index (κ2) is 5.32. The summed E-state index contributed by atoms with van der Waals surface area (Å²) in [6.07, 6.45) is 2.80. The molecule has 92 valence electrons. The van der Waals surface area contributed by atoms with Gasteiger partial charge in [-0.05, 0) is 48.9 Å². The Bertz CT molecular complexity index is 382. The summed E-state index contributed by atoms with van der Waals surface area (Å²) >= 11 is 0.